The van der Waals surface area contributed by atoms with Crippen molar-refractivity contribution in [2.24, 2.45) is 5.92 Å². The number of unbranched alkanes of at least 4 members (excludes halogenated alkanes) is 2. The maximum Gasteiger partial charge on any atom is 0.220 e. The number of carbonyl (C=O) groups is 2. The molecular weight excluding hydrogens is 695 g/mol. The first kappa shape index (κ1) is 39.9. The molecule has 2 aliphatic rings. The number of methoxy groups -OCH3 is 2. The molecule has 10 nitrogen and oxygen atoms in total. The molecule has 2 amide bonds. The third kappa shape index (κ3) is 10.5. The maximum absolute atomic E-state index is 12.5. The number of fused-ring (bicyclic) bond motifs is 1. The first-order valence-electron chi connectivity index (χ1n) is 19.4. The van der Waals surface area contributed by atoms with Crippen molar-refractivity contribution in [3.8, 4) is 22.6 Å². The molecule has 10 heteroatoms. The van der Waals surface area contributed by atoms with E-state index in [-0.39, 0.29) is 36.5 Å². The Balaban J connectivity index is 1.15. The minimum absolute atomic E-state index is 0.00863. The van der Waals surface area contributed by atoms with E-state index in [0.29, 0.717) is 19.5 Å². The van der Waals surface area contributed by atoms with Gasteiger partial charge in [-0.2, -0.15) is 0 Å². The zero-order chi connectivity index (χ0) is 38.7. The van der Waals surface area contributed by atoms with Crippen molar-refractivity contribution < 1.29 is 33.6 Å². The minimum atomic E-state index is -0.592. The molecule has 0 radical (unpaired) electrons. The summed E-state index contributed by atoms with van der Waals surface area (Å²) in [6.45, 7) is 7.23. The highest BCUT2D eigenvalue weighted by Gasteiger charge is 2.39. The van der Waals surface area contributed by atoms with Gasteiger partial charge < -0.3 is 34.7 Å². The summed E-state index contributed by atoms with van der Waals surface area (Å²) in [6, 6.07) is 28.8. The third-order valence-corrected chi connectivity index (χ3v) is 10.7. The Morgan fingerprint density at radius 3 is 2.27 bits per heavy atom. The molecule has 1 saturated heterocycles. The summed E-state index contributed by atoms with van der Waals surface area (Å²) < 4.78 is 24.9. The lowest BCUT2D eigenvalue weighted by molar-refractivity contribution is -0.276. The van der Waals surface area contributed by atoms with E-state index in [4.69, 9.17) is 18.9 Å². The number of aliphatic hydroxyl groups is 1. The Bertz CT molecular complexity index is 1900. The molecule has 4 aromatic rings. The van der Waals surface area contributed by atoms with Gasteiger partial charge in [-0.3, -0.25) is 14.5 Å². The lowest BCUT2D eigenvalue weighted by Crippen LogP contribution is -2.45. The van der Waals surface area contributed by atoms with Gasteiger partial charge in [-0.05, 0) is 82.5 Å². The van der Waals surface area contributed by atoms with Gasteiger partial charge >= 0.3 is 0 Å². The van der Waals surface area contributed by atoms with E-state index in [2.05, 4.69) is 77.1 Å². The van der Waals surface area contributed by atoms with Gasteiger partial charge in [0.25, 0.3) is 0 Å². The highest BCUT2D eigenvalue weighted by Crippen LogP contribution is 2.43. The average Bonchev–Trinajstić information content (AvgIpc) is 3.21. The molecule has 4 unspecified atom stereocenters. The number of carbonyl (C=O) groups excluding carboxylic acids is 2. The van der Waals surface area contributed by atoms with E-state index in [1.54, 1.807) is 14.2 Å². The van der Waals surface area contributed by atoms with Gasteiger partial charge in [0, 0.05) is 57.5 Å². The Hall–Kier alpha value is -4.74. The smallest absolute Gasteiger partial charge is 0.220 e. The van der Waals surface area contributed by atoms with Crippen molar-refractivity contribution >= 4 is 11.8 Å². The quantitative estimate of drug-likeness (QED) is 0.105. The van der Waals surface area contributed by atoms with Crippen molar-refractivity contribution in [2.45, 2.75) is 84.1 Å². The van der Waals surface area contributed by atoms with Crippen molar-refractivity contribution in [3.05, 3.63) is 118 Å². The lowest BCUT2D eigenvalue weighted by Gasteiger charge is -2.43. The van der Waals surface area contributed by atoms with Crippen LogP contribution in [-0.2, 0) is 45.2 Å². The molecule has 0 bridgehead atoms. The van der Waals surface area contributed by atoms with Gasteiger partial charge in [-0.1, -0.05) is 74.0 Å². The predicted molar refractivity (Wildman–Crippen MR) is 212 cm³/mol. The molecule has 6 rings (SSSR count). The van der Waals surface area contributed by atoms with Crippen LogP contribution in [0.5, 0.6) is 11.5 Å². The number of nitrogens with one attached hydrogen (secondary N) is 2. The van der Waals surface area contributed by atoms with Crippen LogP contribution in [0.4, 0.5) is 0 Å². The van der Waals surface area contributed by atoms with Crippen LogP contribution in [0.3, 0.4) is 0 Å². The van der Waals surface area contributed by atoms with Crippen molar-refractivity contribution in [3.63, 3.8) is 0 Å². The topological polar surface area (TPSA) is 119 Å². The van der Waals surface area contributed by atoms with Crippen LogP contribution in [0.2, 0.25) is 0 Å². The molecule has 0 aromatic heterocycles. The van der Waals surface area contributed by atoms with Crippen LogP contribution in [0, 0.1) is 5.92 Å². The fourth-order valence-electron chi connectivity index (χ4n) is 7.55. The minimum Gasteiger partial charge on any atom is -0.493 e. The normalized spacial score (nSPS) is 19.7. The summed E-state index contributed by atoms with van der Waals surface area (Å²) in [7, 11) is 3.35. The van der Waals surface area contributed by atoms with Crippen LogP contribution in [0.1, 0.15) is 85.3 Å². The zero-order valence-corrected chi connectivity index (χ0v) is 32.5. The van der Waals surface area contributed by atoms with Gasteiger partial charge in [0.15, 0.2) is 17.8 Å². The molecule has 0 spiro atoms. The van der Waals surface area contributed by atoms with E-state index < -0.39 is 6.29 Å². The van der Waals surface area contributed by atoms with E-state index in [1.165, 1.54) is 18.1 Å². The fourth-order valence-corrected chi connectivity index (χ4v) is 7.55. The highest BCUT2D eigenvalue weighted by molar-refractivity contribution is 5.76. The Morgan fingerprint density at radius 1 is 0.818 bits per heavy atom. The molecule has 2 heterocycles. The standard InChI is InChI=1S/C45H55N3O7/c1-30-42(28-48-21-19-37-24-40(52-3)41(53-4)25-39(37)27-48)54-45(55-44(30)34-17-15-32(29-49)16-18-34)38-13-9-12-36(23-38)35-11-8-10-33(22-35)26-47-43(51)14-6-5-7-20-46-31(2)50/h8-13,15-18,22-25,30,42,44-45,49H,5-7,14,19-21,26-29H2,1-4H3,(H,46,50)(H,47,51). The SMILES string of the molecule is COc1cc2c(cc1OC)CN(CC1OC(c3cccc(-c4cccc(CNC(=O)CCCCCNC(C)=O)c4)c3)OC(c3ccc(CO)cc3)C1C)CC2. The maximum atomic E-state index is 12.5. The highest BCUT2D eigenvalue weighted by atomic mass is 16.7. The van der Waals surface area contributed by atoms with Crippen LogP contribution in [-0.4, -0.2) is 61.8 Å². The van der Waals surface area contributed by atoms with Crippen molar-refractivity contribution in [2.75, 3.05) is 33.9 Å². The zero-order valence-electron chi connectivity index (χ0n) is 32.5. The summed E-state index contributed by atoms with van der Waals surface area (Å²) in [5.41, 5.74) is 8.47. The molecule has 0 saturated carbocycles. The molecule has 3 N–H and O–H groups in total. The van der Waals surface area contributed by atoms with Crippen LogP contribution in [0.15, 0.2) is 84.9 Å². The van der Waals surface area contributed by atoms with Gasteiger partial charge in [-0.15, -0.1) is 0 Å². The number of rotatable bonds is 16. The second kappa shape index (κ2) is 19.2. The largest absolute Gasteiger partial charge is 0.493 e. The molecule has 292 valence electrons. The van der Waals surface area contributed by atoms with Crippen molar-refractivity contribution in [1.82, 2.24) is 15.5 Å². The molecule has 2 aliphatic heterocycles. The number of nitrogens with zero attached hydrogens (tertiary/aromatic N) is 1. The Labute approximate surface area is 325 Å². The Kier molecular flexibility index (Phi) is 14.0. The van der Waals surface area contributed by atoms with Gasteiger partial charge in [-0.25, -0.2) is 0 Å². The lowest BCUT2D eigenvalue weighted by atomic mass is 9.89. The number of hydrogen-bond acceptors (Lipinski definition) is 8. The second-order valence-corrected chi connectivity index (χ2v) is 14.7. The van der Waals surface area contributed by atoms with Crippen LogP contribution >= 0.6 is 0 Å². The number of benzene rings is 4. The van der Waals surface area contributed by atoms with Crippen LogP contribution < -0.4 is 20.1 Å². The van der Waals surface area contributed by atoms with E-state index >= 15 is 0 Å². The van der Waals surface area contributed by atoms with E-state index in [9.17, 15) is 14.7 Å². The van der Waals surface area contributed by atoms with Gasteiger partial charge in [0.2, 0.25) is 11.8 Å². The number of amides is 2. The molecule has 1 fully saturated rings. The average molecular weight is 750 g/mol. The van der Waals surface area contributed by atoms with Gasteiger partial charge in [0.1, 0.15) is 0 Å². The first-order valence-corrected chi connectivity index (χ1v) is 19.4. The predicted octanol–water partition coefficient (Wildman–Crippen LogP) is 7.03. The second-order valence-electron chi connectivity index (χ2n) is 14.7. The van der Waals surface area contributed by atoms with Gasteiger partial charge in [0.05, 0.1) is 33.0 Å². The number of ether oxygens (including phenoxy) is 4. The molecule has 55 heavy (non-hydrogen) atoms. The third-order valence-electron chi connectivity index (χ3n) is 10.7. The first-order chi connectivity index (χ1) is 26.7. The summed E-state index contributed by atoms with van der Waals surface area (Å²) in [6.07, 6.45) is 2.99. The summed E-state index contributed by atoms with van der Waals surface area (Å²) in [5, 5.41) is 15.5. The van der Waals surface area contributed by atoms with E-state index in [1.807, 2.05) is 30.3 Å². The van der Waals surface area contributed by atoms with Crippen LogP contribution in [0.25, 0.3) is 11.1 Å². The van der Waals surface area contributed by atoms with E-state index in [0.717, 1.165) is 90.2 Å². The molecular formula is C45H55N3O7. The summed E-state index contributed by atoms with van der Waals surface area (Å²) in [5.74, 6) is 1.55. The molecule has 4 atom stereocenters. The van der Waals surface area contributed by atoms with Crippen molar-refractivity contribution in [1.29, 1.82) is 0 Å². The summed E-state index contributed by atoms with van der Waals surface area (Å²) >= 11 is 0. The number of aliphatic hydroxyl groups excluding tert-OH is 1. The monoisotopic (exact) mass is 749 g/mol. The molecule has 0 aliphatic carbocycles. The Morgan fingerprint density at radius 2 is 1.55 bits per heavy atom. The summed E-state index contributed by atoms with van der Waals surface area (Å²) in [4.78, 5) is 26.0. The number of hydrogen-bond donors (Lipinski definition) is 3. The fraction of sp³-hybridized carbons (Fsp3) is 0.422. The molecule has 4 aromatic carbocycles.